The third-order valence-electron chi connectivity index (χ3n) is 9.07. The van der Waals surface area contributed by atoms with E-state index < -0.39 is 5.54 Å². The SMILES string of the molecule is Cc1c(OCCCN2CCC(O)C2)cccc1-c1c(Cl)ccc(COc2cc(OCc3cncc(C#N)c3)c(CNC(C)(CO)CO)cc2Cl)c1Cl. The van der Waals surface area contributed by atoms with Crippen molar-refractivity contribution < 1.29 is 29.5 Å². The number of nitrogens with one attached hydrogen (secondary N) is 1. The summed E-state index contributed by atoms with van der Waals surface area (Å²) in [5.41, 5.74) is 3.93. The molecule has 1 aliphatic heterocycles. The first kappa shape index (κ1) is 39.6. The van der Waals surface area contributed by atoms with Crippen molar-refractivity contribution in [3.8, 4) is 34.4 Å². The zero-order chi connectivity index (χ0) is 37.3. The second-order valence-corrected chi connectivity index (χ2v) is 14.4. The van der Waals surface area contributed by atoms with Gasteiger partial charge in [0.05, 0.1) is 47.1 Å². The number of aliphatic hydroxyl groups excluding tert-OH is 3. The molecule has 0 amide bonds. The van der Waals surface area contributed by atoms with Crippen molar-refractivity contribution in [2.45, 2.75) is 58.1 Å². The molecule has 52 heavy (non-hydrogen) atoms. The maximum Gasteiger partial charge on any atom is 0.142 e. The molecule has 1 aromatic heterocycles. The van der Waals surface area contributed by atoms with Crippen molar-refractivity contribution in [3.63, 3.8) is 0 Å². The van der Waals surface area contributed by atoms with Gasteiger partial charge in [-0.1, -0.05) is 53.0 Å². The highest BCUT2D eigenvalue weighted by molar-refractivity contribution is 6.39. The van der Waals surface area contributed by atoms with Gasteiger partial charge in [-0.25, -0.2) is 0 Å². The van der Waals surface area contributed by atoms with Gasteiger partial charge < -0.3 is 39.7 Å². The molecule has 0 aliphatic carbocycles. The van der Waals surface area contributed by atoms with Crippen LogP contribution in [0.3, 0.4) is 0 Å². The Labute approximate surface area is 319 Å². The predicted octanol–water partition coefficient (Wildman–Crippen LogP) is 6.72. The molecule has 276 valence electrons. The Morgan fingerprint density at radius 2 is 1.75 bits per heavy atom. The number of ether oxygens (including phenoxy) is 3. The summed E-state index contributed by atoms with van der Waals surface area (Å²) in [5, 5.41) is 43.0. The highest BCUT2D eigenvalue weighted by atomic mass is 35.5. The average molecular weight is 770 g/mol. The van der Waals surface area contributed by atoms with E-state index in [0.717, 1.165) is 42.8 Å². The van der Waals surface area contributed by atoms with Crippen LogP contribution in [-0.4, -0.2) is 76.3 Å². The van der Waals surface area contributed by atoms with Gasteiger partial charge in [0.1, 0.15) is 36.5 Å². The second kappa shape index (κ2) is 18.4. The topological polar surface area (TPSA) is 140 Å². The zero-order valence-electron chi connectivity index (χ0n) is 29.2. The maximum atomic E-state index is 9.79. The normalized spacial score (nSPS) is 14.7. The summed E-state index contributed by atoms with van der Waals surface area (Å²) < 4.78 is 18.6. The highest BCUT2D eigenvalue weighted by Crippen LogP contribution is 2.42. The molecule has 13 heteroatoms. The van der Waals surface area contributed by atoms with Gasteiger partial charge in [0.2, 0.25) is 0 Å². The molecule has 0 saturated carbocycles. The average Bonchev–Trinajstić information content (AvgIpc) is 3.57. The van der Waals surface area contributed by atoms with Crippen LogP contribution in [0.15, 0.2) is 60.9 Å². The Morgan fingerprint density at radius 1 is 0.962 bits per heavy atom. The number of halogens is 3. The first-order valence-corrected chi connectivity index (χ1v) is 18.2. The molecule has 4 aromatic rings. The minimum atomic E-state index is -0.935. The van der Waals surface area contributed by atoms with E-state index >= 15 is 0 Å². The summed E-state index contributed by atoms with van der Waals surface area (Å²) in [6.45, 7) is 6.54. The Balaban J connectivity index is 1.33. The fourth-order valence-corrected chi connectivity index (χ4v) is 6.72. The number of β-amino-alcohol motifs (C(OH)–C–C–N with tert-alkyl or cyclic N) is 1. The number of pyridine rings is 1. The molecule has 3 aromatic carbocycles. The number of benzene rings is 3. The van der Waals surface area contributed by atoms with E-state index in [-0.39, 0.29) is 39.1 Å². The lowest BCUT2D eigenvalue weighted by Crippen LogP contribution is -2.48. The zero-order valence-corrected chi connectivity index (χ0v) is 31.4. The molecule has 1 saturated heterocycles. The largest absolute Gasteiger partial charge is 0.493 e. The minimum absolute atomic E-state index is 0.0709. The lowest BCUT2D eigenvalue weighted by molar-refractivity contribution is 0.103. The number of nitriles is 1. The van der Waals surface area contributed by atoms with Gasteiger partial charge >= 0.3 is 0 Å². The molecule has 2 heterocycles. The van der Waals surface area contributed by atoms with Gasteiger partial charge in [-0.05, 0) is 62.1 Å². The van der Waals surface area contributed by atoms with Crippen molar-refractivity contribution in [1.29, 1.82) is 5.26 Å². The van der Waals surface area contributed by atoms with Crippen LogP contribution in [-0.2, 0) is 19.8 Å². The summed E-state index contributed by atoms with van der Waals surface area (Å²) in [6, 6.07) is 16.5. The smallest absolute Gasteiger partial charge is 0.142 e. The summed E-state index contributed by atoms with van der Waals surface area (Å²) in [5.74, 6) is 1.54. The molecule has 10 nitrogen and oxygen atoms in total. The van der Waals surface area contributed by atoms with Crippen molar-refractivity contribution in [2.24, 2.45) is 0 Å². The molecule has 4 N–H and O–H groups in total. The molecule has 0 bridgehead atoms. The maximum absolute atomic E-state index is 9.79. The quantitative estimate of drug-likeness (QED) is 0.0857. The van der Waals surface area contributed by atoms with Crippen LogP contribution in [0.5, 0.6) is 17.2 Å². The molecule has 1 fully saturated rings. The van der Waals surface area contributed by atoms with Crippen molar-refractivity contribution in [3.05, 3.63) is 104 Å². The van der Waals surface area contributed by atoms with E-state index in [2.05, 4.69) is 21.3 Å². The highest BCUT2D eigenvalue weighted by Gasteiger charge is 2.24. The van der Waals surface area contributed by atoms with Crippen LogP contribution in [0.1, 0.15) is 47.6 Å². The summed E-state index contributed by atoms with van der Waals surface area (Å²) >= 11 is 20.5. The first-order chi connectivity index (χ1) is 25.0. The van der Waals surface area contributed by atoms with Gasteiger partial charge in [0, 0.05) is 71.9 Å². The Hall–Kier alpha value is -3.63. The third kappa shape index (κ3) is 10.1. The number of hydrogen-bond donors (Lipinski definition) is 4. The van der Waals surface area contributed by atoms with Crippen LogP contribution in [0.2, 0.25) is 15.1 Å². The number of aromatic nitrogens is 1. The fraction of sp³-hybridized carbons (Fsp3) is 0.385. The predicted molar refractivity (Wildman–Crippen MR) is 202 cm³/mol. The number of likely N-dealkylation sites (tertiary alicyclic amines) is 1. The van der Waals surface area contributed by atoms with Crippen molar-refractivity contribution in [1.82, 2.24) is 15.2 Å². The van der Waals surface area contributed by atoms with Gasteiger partial charge in [-0.3, -0.25) is 4.98 Å². The number of aliphatic hydroxyl groups is 3. The van der Waals surface area contributed by atoms with Crippen molar-refractivity contribution in [2.75, 3.05) is 39.5 Å². The first-order valence-electron chi connectivity index (χ1n) is 17.0. The third-order valence-corrected chi connectivity index (χ3v) is 10.1. The monoisotopic (exact) mass is 768 g/mol. The number of hydrogen-bond acceptors (Lipinski definition) is 10. The Morgan fingerprint density at radius 3 is 2.48 bits per heavy atom. The summed E-state index contributed by atoms with van der Waals surface area (Å²) in [6.07, 6.45) is 4.51. The van der Waals surface area contributed by atoms with Gasteiger partial charge in [0.15, 0.2) is 0 Å². The van der Waals surface area contributed by atoms with Crippen LogP contribution in [0, 0.1) is 18.3 Å². The number of nitrogens with zero attached hydrogens (tertiary/aromatic N) is 3. The molecule has 1 aliphatic rings. The van der Waals surface area contributed by atoms with E-state index in [1.54, 1.807) is 37.4 Å². The van der Waals surface area contributed by atoms with Crippen LogP contribution in [0.25, 0.3) is 11.1 Å². The Kier molecular flexibility index (Phi) is 14.0. The second-order valence-electron chi connectivity index (χ2n) is 13.2. The summed E-state index contributed by atoms with van der Waals surface area (Å²) in [7, 11) is 0. The molecular formula is C39H43Cl3N4O6. The Bertz CT molecular complexity index is 1880. The van der Waals surface area contributed by atoms with E-state index in [0.29, 0.717) is 67.5 Å². The van der Waals surface area contributed by atoms with E-state index in [1.165, 1.54) is 6.20 Å². The van der Waals surface area contributed by atoms with E-state index in [9.17, 15) is 20.6 Å². The molecule has 1 atom stereocenters. The lowest BCUT2D eigenvalue weighted by Gasteiger charge is -2.27. The van der Waals surface area contributed by atoms with Gasteiger partial charge in [-0.15, -0.1) is 0 Å². The van der Waals surface area contributed by atoms with Gasteiger partial charge in [0.25, 0.3) is 0 Å². The van der Waals surface area contributed by atoms with E-state index in [4.69, 9.17) is 49.0 Å². The summed E-state index contributed by atoms with van der Waals surface area (Å²) in [4.78, 5) is 6.36. The number of rotatable bonds is 17. The lowest BCUT2D eigenvalue weighted by atomic mass is 9.98. The fourth-order valence-electron chi connectivity index (χ4n) is 5.85. The molecule has 5 rings (SSSR count). The van der Waals surface area contributed by atoms with Gasteiger partial charge in [-0.2, -0.15) is 5.26 Å². The standard InChI is InChI=1S/C39H43Cl3N4O6/c1-25-31(5-3-6-34(25)50-12-4-10-46-11-9-30(49)20-46)37-32(40)8-7-28(38(37)42)22-52-36-15-35(51-21-27-13-26(16-43)17-44-18-27)29(14-33(36)41)19-45-39(2,23-47)24-48/h3,5-8,13-15,17-18,30,45,47-49H,4,9-12,19-24H2,1-2H3. The molecule has 1 unspecified atom stereocenters. The molecular weight excluding hydrogens is 727 g/mol. The van der Waals surface area contributed by atoms with Crippen LogP contribution >= 0.6 is 34.8 Å². The van der Waals surface area contributed by atoms with Crippen LogP contribution < -0.4 is 19.5 Å². The molecule has 0 radical (unpaired) electrons. The van der Waals surface area contributed by atoms with E-state index in [1.807, 2.05) is 31.2 Å². The van der Waals surface area contributed by atoms with Crippen LogP contribution in [0.4, 0.5) is 0 Å². The minimum Gasteiger partial charge on any atom is -0.493 e. The van der Waals surface area contributed by atoms with Crippen molar-refractivity contribution >= 4 is 34.8 Å². The molecule has 0 spiro atoms.